The molecular weight excluding hydrogens is 188 g/mol. The zero-order valence-corrected chi connectivity index (χ0v) is 12.0. The Morgan fingerprint density at radius 2 is 1.38 bits per heavy atom. The van der Waals surface area contributed by atoms with E-state index in [4.69, 9.17) is 0 Å². The van der Waals surface area contributed by atoms with Crippen molar-refractivity contribution in [3.05, 3.63) is 23.9 Å². The van der Waals surface area contributed by atoms with E-state index < -0.39 is 16.1 Å². The number of hydrogen-bond acceptors (Lipinski definition) is 0. The van der Waals surface area contributed by atoms with Crippen LogP contribution in [0.4, 0.5) is 0 Å². The van der Waals surface area contributed by atoms with Crippen LogP contribution in [0.2, 0.25) is 45.3 Å². The van der Waals surface area contributed by atoms with E-state index in [0.29, 0.717) is 0 Å². The Hall–Kier alpha value is -0.0862. The van der Waals surface area contributed by atoms with Gasteiger partial charge in [-0.2, -0.15) is 0 Å². The van der Waals surface area contributed by atoms with Crippen LogP contribution in [0.25, 0.3) is 0 Å². The second-order valence-corrected chi connectivity index (χ2v) is 16.5. The lowest BCUT2D eigenvalue weighted by molar-refractivity contribution is 1.51. The molecule has 0 spiro atoms. The van der Waals surface area contributed by atoms with E-state index in [9.17, 15) is 0 Å². The van der Waals surface area contributed by atoms with Gasteiger partial charge in [-0.25, -0.2) is 0 Å². The van der Waals surface area contributed by atoms with E-state index in [1.54, 1.807) is 0 Å². The second-order valence-electron chi connectivity index (χ2n) is 5.92. The van der Waals surface area contributed by atoms with E-state index in [1.807, 2.05) is 0 Å². The third-order valence-corrected chi connectivity index (χ3v) is 4.23. The van der Waals surface area contributed by atoms with Crippen molar-refractivity contribution in [2.24, 2.45) is 0 Å². The summed E-state index contributed by atoms with van der Waals surface area (Å²) >= 11 is 0. The van der Waals surface area contributed by atoms with Gasteiger partial charge in [0.2, 0.25) is 0 Å². The van der Waals surface area contributed by atoms with E-state index in [2.05, 4.69) is 63.2 Å². The topological polar surface area (TPSA) is 0 Å². The van der Waals surface area contributed by atoms with Gasteiger partial charge in [-0.3, -0.25) is 0 Å². The summed E-state index contributed by atoms with van der Waals surface area (Å²) in [6.45, 7) is 14.3. The molecule has 0 saturated carbocycles. The molecule has 0 aromatic heterocycles. The minimum Gasteiger partial charge on any atom is -0.0950 e. The Balaban J connectivity index is 3.84. The predicted octanol–water partition coefficient (Wildman–Crippen LogP) is 4.31. The molecule has 0 fully saturated rings. The molecule has 13 heavy (non-hydrogen) atoms. The standard InChI is InChI=1S/C11H24Si2/c1-12(2,3)10-8-7-9-11-13(4,5)6/h7-10H,11H2,1-6H3/b9-7?,10-8+. The molecule has 0 nitrogen and oxygen atoms in total. The highest BCUT2D eigenvalue weighted by Gasteiger charge is 2.09. The highest BCUT2D eigenvalue weighted by molar-refractivity contribution is 6.81. The first-order valence-electron chi connectivity index (χ1n) is 5.05. The lowest BCUT2D eigenvalue weighted by Crippen LogP contribution is -2.17. The molecule has 76 valence electrons. The Labute approximate surface area is 85.8 Å². The molecule has 0 amide bonds. The Kier molecular flexibility index (Phi) is 4.93. The molecule has 0 bridgehead atoms. The van der Waals surface area contributed by atoms with Crippen molar-refractivity contribution in [3.63, 3.8) is 0 Å². The van der Waals surface area contributed by atoms with E-state index in [1.165, 1.54) is 6.04 Å². The number of hydrogen-bond donors (Lipinski definition) is 0. The van der Waals surface area contributed by atoms with Crippen LogP contribution >= 0.6 is 0 Å². The maximum Gasteiger partial charge on any atom is 0.0686 e. The predicted molar refractivity (Wildman–Crippen MR) is 69.8 cm³/mol. The molecule has 0 saturated heterocycles. The SMILES string of the molecule is C[Si](C)(C)/C=C/C=CC[Si](C)(C)C. The van der Waals surface area contributed by atoms with Crippen LogP contribution in [-0.2, 0) is 0 Å². The van der Waals surface area contributed by atoms with Gasteiger partial charge < -0.3 is 0 Å². The number of allylic oxidation sites excluding steroid dienone is 3. The summed E-state index contributed by atoms with van der Waals surface area (Å²) in [5.41, 5.74) is 2.38. The van der Waals surface area contributed by atoms with Crippen molar-refractivity contribution in [2.75, 3.05) is 0 Å². The fraction of sp³-hybridized carbons (Fsp3) is 0.636. The normalized spacial score (nSPS) is 14.6. The van der Waals surface area contributed by atoms with Gasteiger partial charge in [0.1, 0.15) is 0 Å². The van der Waals surface area contributed by atoms with Crippen molar-refractivity contribution in [1.82, 2.24) is 0 Å². The average molecular weight is 212 g/mol. The van der Waals surface area contributed by atoms with Crippen LogP contribution in [0.5, 0.6) is 0 Å². The van der Waals surface area contributed by atoms with Gasteiger partial charge >= 0.3 is 0 Å². The quantitative estimate of drug-likeness (QED) is 0.481. The largest absolute Gasteiger partial charge is 0.0950 e. The first-order chi connectivity index (χ1) is 5.71. The van der Waals surface area contributed by atoms with E-state index in [0.717, 1.165) is 0 Å². The zero-order valence-electron chi connectivity index (χ0n) is 10.0. The molecule has 0 atom stereocenters. The van der Waals surface area contributed by atoms with Gasteiger partial charge in [-0.1, -0.05) is 63.2 Å². The molecule has 2 heteroatoms. The monoisotopic (exact) mass is 212 g/mol. The summed E-state index contributed by atoms with van der Waals surface area (Å²) in [6, 6.07) is 1.29. The second kappa shape index (κ2) is 4.96. The highest BCUT2D eigenvalue weighted by atomic mass is 28.3. The minimum atomic E-state index is -0.974. The van der Waals surface area contributed by atoms with Crippen LogP contribution in [-0.4, -0.2) is 16.1 Å². The van der Waals surface area contributed by atoms with Crippen molar-refractivity contribution < 1.29 is 0 Å². The molecular formula is C11H24Si2. The summed E-state index contributed by atoms with van der Waals surface area (Å²) in [7, 11) is -1.84. The molecule has 0 N–H and O–H groups in total. The van der Waals surface area contributed by atoms with Crippen LogP contribution in [0, 0.1) is 0 Å². The molecule has 0 aromatic carbocycles. The van der Waals surface area contributed by atoms with E-state index in [-0.39, 0.29) is 0 Å². The molecule has 0 aliphatic carbocycles. The smallest absolute Gasteiger partial charge is 0.0686 e. The van der Waals surface area contributed by atoms with Gasteiger partial charge in [0, 0.05) is 8.07 Å². The Morgan fingerprint density at radius 3 is 1.77 bits per heavy atom. The molecule has 0 aromatic rings. The zero-order chi connectivity index (χ0) is 10.5. The lowest BCUT2D eigenvalue weighted by atomic mass is 10.5. The summed E-state index contributed by atoms with van der Waals surface area (Å²) in [6.07, 6.45) is 6.77. The van der Waals surface area contributed by atoms with Gasteiger partial charge in [0.05, 0.1) is 8.07 Å². The Morgan fingerprint density at radius 1 is 0.846 bits per heavy atom. The molecule has 0 heterocycles. The first kappa shape index (κ1) is 12.9. The lowest BCUT2D eigenvalue weighted by Gasteiger charge is -2.11. The summed E-state index contributed by atoms with van der Waals surface area (Å²) in [5, 5.41) is 0. The van der Waals surface area contributed by atoms with Crippen molar-refractivity contribution in [3.8, 4) is 0 Å². The first-order valence-corrected chi connectivity index (χ1v) is 12.3. The minimum absolute atomic E-state index is 0.862. The van der Waals surface area contributed by atoms with Gasteiger partial charge in [-0.15, -0.1) is 0 Å². The van der Waals surface area contributed by atoms with Crippen molar-refractivity contribution in [2.45, 2.75) is 45.3 Å². The third kappa shape index (κ3) is 11.9. The van der Waals surface area contributed by atoms with Crippen molar-refractivity contribution >= 4 is 16.1 Å². The average Bonchev–Trinajstić information content (AvgIpc) is 1.81. The molecule has 0 rings (SSSR count). The van der Waals surface area contributed by atoms with Crippen LogP contribution in [0.15, 0.2) is 23.9 Å². The van der Waals surface area contributed by atoms with Crippen LogP contribution < -0.4 is 0 Å². The van der Waals surface area contributed by atoms with Gasteiger partial charge in [0.25, 0.3) is 0 Å². The molecule has 0 unspecified atom stereocenters. The maximum atomic E-state index is 2.40. The Bertz CT molecular complexity index is 189. The summed E-state index contributed by atoms with van der Waals surface area (Å²) < 4.78 is 0. The summed E-state index contributed by atoms with van der Waals surface area (Å²) in [4.78, 5) is 0. The molecule has 0 aliphatic rings. The van der Waals surface area contributed by atoms with Crippen LogP contribution in [0.3, 0.4) is 0 Å². The summed E-state index contributed by atoms with van der Waals surface area (Å²) in [5.74, 6) is 0. The molecule has 0 aliphatic heterocycles. The number of rotatable bonds is 4. The van der Waals surface area contributed by atoms with E-state index >= 15 is 0 Å². The highest BCUT2D eigenvalue weighted by Crippen LogP contribution is 2.08. The maximum absolute atomic E-state index is 2.40. The molecule has 0 radical (unpaired) electrons. The fourth-order valence-electron chi connectivity index (χ4n) is 0.844. The third-order valence-electron chi connectivity index (χ3n) is 1.57. The van der Waals surface area contributed by atoms with Gasteiger partial charge in [-0.05, 0) is 6.04 Å². The van der Waals surface area contributed by atoms with Gasteiger partial charge in [0.15, 0.2) is 0 Å². The van der Waals surface area contributed by atoms with Crippen molar-refractivity contribution in [1.29, 1.82) is 0 Å². The fourth-order valence-corrected chi connectivity index (χ4v) is 2.38. The van der Waals surface area contributed by atoms with Crippen LogP contribution in [0.1, 0.15) is 0 Å².